The number of rotatable bonds is 3. The molecule has 0 bridgehead atoms. The van der Waals surface area contributed by atoms with Gasteiger partial charge in [-0.15, -0.1) is 0 Å². The molecule has 102 valence electrons. The molecular weight excluding hydrogens is 248 g/mol. The lowest BCUT2D eigenvalue weighted by molar-refractivity contribution is 0.468. The molecule has 3 aromatic rings. The Bertz CT molecular complexity index is 744. The number of phenolic OH excluding ortho intramolecular Hbond substituents is 1. The van der Waals surface area contributed by atoms with Crippen LogP contribution in [0.1, 0.15) is 31.3 Å². The lowest BCUT2D eigenvalue weighted by Crippen LogP contribution is -2.07. The van der Waals surface area contributed by atoms with Crippen molar-refractivity contribution < 1.29 is 5.11 Å². The predicted molar refractivity (Wildman–Crippen MR) is 81.0 cm³/mol. The Morgan fingerprint density at radius 3 is 2.50 bits per heavy atom. The zero-order chi connectivity index (χ0) is 14.1. The zero-order valence-corrected chi connectivity index (χ0v) is 11.7. The summed E-state index contributed by atoms with van der Waals surface area (Å²) in [5.74, 6) is 1.32. The van der Waals surface area contributed by atoms with Gasteiger partial charge in [0.05, 0.1) is 11.0 Å². The molecule has 0 saturated heterocycles. The predicted octanol–water partition coefficient (Wildman–Crippen LogP) is 3.91. The van der Waals surface area contributed by atoms with Crippen LogP contribution in [0.5, 0.6) is 5.75 Å². The third kappa shape index (κ3) is 2.16. The van der Waals surface area contributed by atoms with Crippen molar-refractivity contribution in [2.75, 3.05) is 0 Å². The standard InChI is InChI=1S/C17H18N2O/c1-12(2)19-15-9-5-4-8-14(15)18-17(19)11-13-7-3-6-10-16(13)20/h3-10,12,20H,11H2,1-2H3. The highest BCUT2D eigenvalue weighted by molar-refractivity contribution is 5.76. The second-order valence-corrected chi connectivity index (χ2v) is 5.29. The highest BCUT2D eigenvalue weighted by atomic mass is 16.3. The van der Waals surface area contributed by atoms with Gasteiger partial charge in [0.15, 0.2) is 0 Å². The fourth-order valence-corrected chi connectivity index (χ4v) is 2.63. The monoisotopic (exact) mass is 266 g/mol. The number of aromatic nitrogens is 2. The molecule has 20 heavy (non-hydrogen) atoms. The van der Waals surface area contributed by atoms with Gasteiger partial charge in [0.1, 0.15) is 11.6 Å². The summed E-state index contributed by atoms with van der Waals surface area (Å²) in [7, 11) is 0. The van der Waals surface area contributed by atoms with E-state index in [4.69, 9.17) is 4.98 Å². The van der Waals surface area contributed by atoms with Gasteiger partial charge < -0.3 is 9.67 Å². The molecule has 1 N–H and O–H groups in total. The van der Waals surface area contributed by atoms with Crippen molar-refractivity contribution in [1.82, 2.24) is 9.55 Å². The van der Waals surface area contributed by atoms with Gasteiger partial charge >= 0.3 is 0 Å². The normalized spacial score (nSPS) is 11.3. The van der Waals surface area contributed by atoms with E-state index in [1.807, 2.05) is 36.4 Å². The molecule has 1 aromatic heterocycles. The van der Waals surface area contributed by atoms with Crippen LogP contribution in [0.3, 0.4) is 0 Å². The first-order chi connectivity index (χ1) is 9.66. The molecule has 0 fully saturated rings. The number of para-hydroxylation sites is 3. The highest BCUT2D eigenvalue weighted by Crippen LogP contribution is 2.25. The van der Waals surface area contributed by atoms with E-state index in [9.17, 15) is 5.11 Å². The molecule has 0 spiro atoms. The minimum Gasteiger partial charge on any atom is -0.508 e. The van der Waals surface area contributed by atoms with Gasteiger partial charge in [-0.1, -0.05) is 30.3 Å². The SMILES string of the molecule is CC(C)n1c(Cc2ccccc2O)nc2ccccc21. The Labute approximate surface area is 118 Å². The molecule has 1 heterocycles. The molecule has 2 aromatic carbocycles. The Kier molecular flexibility index (Phi) is 3.18. The molecule has 0 amide bonds. The van der Waals surface area contributed by atoms with Crippen molar-refractivity contribution in [2.45, 2.75) is 26.3 Å². The van der Waals surface area contributed by atoms with E-state index < -0.39 is 0 Å². The Morgan fingerprint density at radius 2 is 1.75 bits per heavy atom. The van der Waals surface area contributed by atoms with Crippen LogP contribution in [0, 0.1) is 0 Å². The number of nitrogens with zero attached hydrogens (tertiary/aromatic N) is 2. The number of fused-ring (bicyclic) bond motifs is 1. The van der Waals surface area contributed by atoms with Crippen molar-refractivity contribution >= 4 is 11.0 Å². The molecule has 0 atom stereocenters. The van der Waals surface area contributed by atoms with Crippen molar-refractivity contribution in [3.05, 3.63) is 59.9 Å². The van der Waals surface area contributed by atoms with Crippen LogP contribution in [0.2, 0.25) is 0 Å². The van der Waals surface area contributed by atoms with Crippen LogP contribution in [-0.4, -0.2) is 14.7 Å². The first-order valence-electron chi connectivity index (χ1n) is 6.89. The minimum absolute atomic E-state index is 0.329. The van der Waals surface area contributed by atoms with Crippen LogP contribution in [0.15, 0.2) is 48.5 Å². The minimum atomic E-state index is 0.329. The average molecular weight is 266 g/mol. The molecule has 3 nitrogen and oxygen atoms in total. The van der Waals surface area contributed by atoms with Gasteiger partial charge in [-0.2, -0.15) is 0 Å². The summed E-state index contributed by atoms with van der Waals surface area (Å²) < 4.78 is 2.24. The molecule has 0 aliphatic carbocycles. The van der Waals surface area contributed by atoms with E-state index in [1.165, 1.54) is 0 Å². The van der Waals surface area contributed by atoms with Crippen molar-refractivity contribution in [2.24, 2.45) is 0 Å². The third-order valence-electron chi connectivity index (χ3n) is 3.53. The van der Waals surface area contributed by atoms with E-state index in [-0.39, 0.29) is 0 Å². The third-order valence-corrected chi connectivity index (χ3v) is 3.53. The summed E-state index contributed by atoms with van der Waals surface area (Å²) >= 11 is 0. The summed E-state index contributed by atoms with van der Waals surface area (Å²) in [5, 5.41) is 9.94. The summed E-state index contributed by atoms with van der Waals surface area (Å²) in [5.41, 5.74) is 3.06. The van der Waals surface area contributed by atoms with Crippen LogP contribution >= 0.6 is 0 Å². The van der Waals surface area contributed by atoms with Crippen LogP contribution in [-0.2, 0) is 6.42 Å². The molecule has 0 unspecified atom stereocenters. The maximum Gasteiger partial charge on any atom is 0.119 e. The number of hydrogen-bond acceptors (Lipinski definition) is 2. The van der Waals surface area contributed by atoms with E-state index in [0.717, 1.165) is 22.4 Å². The average Bonchev–Trinajstić information content (AvgIpc) is 2.79. The lowest BCUT2D eigenvalue weighted by atomic mass is 10.1. The van der Waals surface area contributed by atoms with Crippen LogP contribution in [0.4, 0.5) is 0 Å². The number of hydrogen-bond donors (Lipinski definition) is 1. The maximum absolute atomic E-state index is 9.94. The van der Waals surface area contributed by atoms with E-state index >= 15 is 0 Å². The van der Waals surface area contributed by atoms with Gasteiger partial charge in [-0.25, -0.2) is 4.98 Å². The fraction of sp³-hybridized carbons (Fsp3) is 0.235. The molecule has 0 radical (unpaired) electrons. The van der Waals surface area contributed by atoms with Crippen LogP contribution in [0.25, 0.3) is 11.0 Å². The molecule has 0 aliphatic heterocycles. The van der Waals surface area contributed by atoms with Gasteiger partial charge in [-0.05, 0) is 32.0 Å². The largest absolute Gasteiger partial charge is 0.508 e. The van der Waals surface area contributed by atoms with E-state index in [0.29, 0.717) is 18.2 Å². The first kappa shape index (κ1) is 12.7. The van der Waals surface area contributed by atoms with E-state index in [1.54, 1.807) is 6.07 Å². The van der Waals surface area contributed by atoms with Gasteiger partial charge in [-0.3, -0.25) is 0 Å². The Balaban J connectivity index is 2.12. The number of aromatic hydroxyl groups is 1. The maximum atomic E-state index is 9.94. The van der Waals surface area contributed by atoms with Crippen molar-refractivity contribution in [1.29, 1.82) is 0 Å². The molecular formula is C17H18N2O. The van der Waals surface area contributed by atoms with Gasteiger partial charge in [0.25, 0.3) is 0 Å². The lowest BCUT2D eigenvalue weighted by Gasteiger charge is -2.13. The molecule has 0 aliphatic rings. The zero-order valence-electron chi connectivity index (χ0n) is 11.7. The van der Waals surface area contributed by atoms with E-state index in [2.05, 4.69) is 24.5 Å². The number of phenols is 1. The summed E-state index contributed by atoms with van der Waals surface area (Å²) in [6, 6.07) is 15.9. The summed E-state index contributed by atoms with van der Waals surface area (Å²) in [6.45, 7) is 4.31. The number of benzene rings is 2. The quantitative estimate of drug-likeness (QED) is 0.780. The fourth-order valence-electron chi connectivity index (χ4n) is 2.63. The Morgan fingerprint density at radius 1 is 1.05 bits per heavy atom. The highest BCUT2D eigenvalue weighted by Gasteiger charge is 2.14. The second kappa shape index (κ2) is 5.00. The molecule has 3 heteroatoms. The first-order valence-corrected chi connectivity index (χ1v) is 6.89. The Hall–Kier alpha value is -2.29. The topological polar surface area (TPSA) is 38.0 Å². The second-order valence-electron chi connectivity index (χ2n) is 5.29. The summed E-state index contributed by atoms with van der Waals surface area (Å²) in [6.07, 6.45) is 0.638. The van der Waals surface area contributed by atoms with Crippen molar-refractivity contribution in [3.63, 3.8) is 0 Å². The van der Waals surface area contributed by atoms with Crippen molar-refractivity contribution in [3.8, 4) is 5.75 Å². The summed E-state index contributed by atoms with van der Waals surface area (Å²) in [4.78, 5) is 4.72. The molecule has 0 saturated carbocycles. The number of imidazole rings is 1. The van der Waals surface area contributed by atoms with Gasteiger partial charge in [0.2, 0.25) is 0 Å². The van der Waals surface area contributed by atoms with Crippen LogP contribution < -0.4 is 0 Å². The van der Waals surface area contributed by atoms with Gasteiger partial charge in [0, 0.05) is 18.0 Å². The molecule has 3 rings (SSSR count). The smallest absolute Gasteiger partial charge is 0.119 e.